The van der Waals surface area contributed by atoms with Crippen LogP contribution in [-0.2, 0) is 6.54 Å². The molecule has 3 aromatic rings. The summed E-state index contributed by atoms with van der Waals surface area (Å²) in [6.07, 6.45) is 2.10. The van der Waals surface area contributed by atoms with Gasteiger partial charge in [0.15, 0.2) is 11.5 Å². The van der Waals surface area contributed by atoms with Crippen LogP contribution in [0, 0.1) is 0 Å². The Labute approximate surface area is 145 Å². The molecule has 128 valence electrons. The smallest absolute Gasteiger partial charge is 0.336 e. The second-order valence-corrected chi connectivity index (χ2v) is 6.56. The van der Waals surface area contributed by atoms with Gasteiger partial charge in [-0.1, -0.05) is 30.3 Å². The minimum Gasteiger partial charge on any atom is -0.478 e. The number of benzene rings is 2. The van der Waals surface area contributed by atoms with E-state index in [0.29, 0.717) is 12.1 Å². The molecular formula is C20H20N2O3. The summed E-state index contributed by atoms with van der Waals surface area (Å²) in [4.78, 5) is 18.3. The summed E-state index contributed by atoms with van der Waals surface area (Å²) < 4.78 is 5.94. The van der Waals surface area contributed by atoms with Crippen molar-refractivity contribution in [2.45, 2.75) is 25.3 Å². The molecule has 1 fully saturated rings. The van der Waals surface area contributed by atoms with Crippen LogP contribution in [-0.4, -0.2) is 34.0 Å². The first-order valence-corrected chi connectivity index (χ1v) is 8.60. The molecule has 5 heteroatoms. The molecule has 0 bridgehead atoms. The fourth-order valence-electron chi connectivity index (χ4n) is 3.57. The highest BCUT2D eigenvalue weighted by atomic mass is 16.4. The number of para-hydroxylation sites is 2. The van der Waals surface area contributed by atoms with E-state index in [4.69, 9.17) is 4.42 Å². The zero-order valence-electron chi connectivity index (χ0n) is 13.9. The van der Waals surface area contributed by atoms with Gasteiger partial charge in [0.25, 0.3) is 0 Å². The number of carboxylic acids is 1. The first kappa shape index (κ1) is 15.8. The first-order valence-electron chi connectivity index (χ1n) is 8.60. The van der Waals surface area contributed by atoms with E-state index >= 15 is 0 Å². The number of piperidine rings is 1. The molecule has 2 heterocycles. The number of oxazole rings is 1. The molecule has 1 saturated heterocycles. The second kappa shape index (κ2) is 6.69. The summed E-state index contributed by atoms with van der Waals surface area (Å²) in [6.45, 7) is 2.44. The van der Waals surface area contributed by atoms with Gasteiger partial charge in [0.2, 0.25) is 0 Å². The lowest BCUT2D eigenvalue weighted by Crippen LogP contribution is -2.34. The van der Waals surface area contributed by atoms with Crippen molar-refractivity contribution in [2.75, 3.05) is 13.1 Å². The van der Waals surface area contributed by atoms with Crippen molar-refractivity contribution in [1.82, 2.24) is 9.88 Å². The van der Waals surface area contributed by atoms with Gasteiger partial charge in [-0.15, -0.1) is 0 Å². The molecule has 1 unspecified atom stereocenters. The highest BCUT2D eigenvalue weighted by Crippen LogP contribution is 2.29. The molecular weight excluding hydrogens is 316 g/mol. The topological polar surface area (TPSA) is 66.6 Å². The second-order valence-electron chi connectivity index (χ2n) is 6.56. The van der Waals surface area contributed by atoms with Gasteiger partial charge in [-0.05, 0) is 43.1 Å². The predicted molar refractivity (Wildman–Crippen MR) is 94.7 cm³/mol. The van der Waals surface area contributed by atoms with Crippen LogP contribution in [0.4, 0.5) is 0 Å². The van der Waals surface area contributed by atoms with E-state index in [0.717, 1.165) is 48.5 Å². The third kappa shape index (κ3) is 3.28. The standard InChI is InChI=1S/C20H20N2O3/c23-20(24)16-8-2-1-6-14(16)12-22-11-5-7-15(13-22)19-21-17-9-3-4-10-18(17)25-19/h1-4,6,8-10,15H,5,7,11-13H2,(H,23,24). The van der Waals surface area contributed by atoms with Crippen molar-refractivity contribution >= 4 is 17.1 Å². The van der Waals surface area contributed by atoms with Gasteiger partial charge in [0.1, 0.15) is 5.52 Å². The first-order chi connectivity index (χ1) is 12.2. The van der Waals surface area contributed by atoms with E-state index in [-0.39, 0.29) is 5.92 Å². The van der Waals surface area contributed by atoms with E-state index in [2.05, 4.69) is 9.88 Å². The molecule has 1 N–H and O–H groups in total. The van der Waals surface area contributed by atoms with E-state index in [1.165, 1.54) is 0 Å². The van der Waals surface area contributed by atoms with Gasteiger partial charge < -0.3 is 9.52 Å². The number of likely N-dealkylation sites (tertiary alicyclic amines) is 1. The Hall–Kier alpha value is -2.66. The number of rotatable bonds is 4. The largest absolute Gasteiger partial charge is 0.478 e. The lowest BCUT2D eigenvalue weighted by atomic mass is 9.97. The van der Waals surface area contributed by atoms with E-state index in [9.17, 15) is 9.90 Å². The summed E-state index contributed by atoms with van der Waals surface area (Å²) in [6, 6.07) is 15.0. The molecule has 0 spiro atoms. The van der Waals surface area contributed by atoms with Crippen LogP contribution in [0.3, 0.4) is 0 Å². The molecule has 1 aliphatic heterocycles. The SMILES string of the molecule is O=C(O)c1ccccc1CN1CCCC(c2nc3ccccc3o2)C1. The third-order valence-corrected chi connectivity index (χ3v) is 4.81. The van der Waals surface area contributed by atoms with E-state index in [1.54, 1.807) is 12.1 Å². The van der Waals surface area contributed by atoms with Crippen molar-refractivity contribution < 1.29 is 14.3 Å². The summed E-state index contributed by atoms with van der Waals surface area (Å²) >= 11 is 0. The van der Waals surface area contributed by atoms with Crippen molar-refractivity contribution in [1.29, 1.82) is 0 Å². The van der Waals surface area contributed by atoms with Gasteiger partial charge in [-0.3, -0.25) is 4.90 Å². The monoisotopic (exact) mass is 336 g/mol. The molecule has 25 heavy (non-hydrogen) atoms. The number of aromatic nitrogens is 1. The minimum atomic E-state index is -0.872. The zero-order valence-corrected chi connectivity index (χ0v) is 13.9. The van der Waals surface area contributed by atoms with Gasteiger partial charge in [0, 0.05) is 19.0 Å². The normalized spacial score (nSPS) is 18.5. The van der Waals surface area contributed by atoms with Crippen LogP contribution in [0.15, 0.2) is 52.9 Å². The van der Waals surface area contributed by atoms with Crippen molar-refractivity contribution in [2.24, 2.45) is 0 Å². The molecule has 4 rings (SSSR count). The fraction of sp³-hybridized carbons (Fsp3) is 0.300. The van der Waals surface area contributed by atoms with Crippen molar-refractivity contribution in [3.63, 3.8) is 0 Å². The Morgan fingerprint density at radius 2 is 2.00 bits per heavy atom. The summed E-state index contributed by atoms with van der Waals surface area (Å²) in [5.74, 6) is 0.165. The third-order valence-electron chi connectivity index (χ3n) is 4.81. The van der Waals surface area contributed by atoms with Gasteiger partial charge in [-0.2, -0.15) is 0 Å². The predicted octanol–water partition coefficient (Wildman–Crippen LogP) is 3.91. The number of fused-ring (bicyclic) bond motifs is 1. The number of nitrogens with zero attached hydrogens (tertiary/aromatic N) is 2. The molecule has 0 radical (unpaired) electrons. The Kier molecular flexibility index (Phi) is 4.24. The van der Waals surface area contributed by atoms with Crippen LogP contribution in [0.25, 0.3) is 11.1 Å². The highest BCUT2D eigenvalue weighted by Gasteiger charge is 2.26. The van der Waals surface area contributed by atoms with Crippen molar-refractivity contribution in [3.05, 3.63) is 65.5 Å². The van der Waals surface area contributed by atoms with E-state index < -0.39 is 5.97 Å². The summed E-state index contributed by atoms with van der Waals surface area (Å²) in [5.41, 5.74) is 2.95. The Morgan fingerprint density at radius 3 is 2.84 bits per heavy atom. The number of hydrogen-bond donors (Lipinski definition) is 1. The molecule has 0 aliphatic carbocycles. The Balaban J connectivity index is 1.52. The summed E-state index contributed by atoms with van der Waals surface area (Å²) in [5, 5.41) is 9.36. The lowest BCUT2D eigenvalue weighted by molar-refractivity contribution is 0.0693. The van der Waals surface area contributed by atoms with Gasteiger partial charge in [-0.25, -0.2) is 9.78 Å². The van der Waals surface area contributed by atoms with Crippen LogP contribution < -0.4 is 0 Å². The lowest BCUT2D eigenvalue weighted by Gasteiger charge is -2.31. The van der Waals surface area contributed by atoms with Crippen LogP contribution >= 0.6 is 0 Å². The average molecular weight is 336 g/mol. The van der Waals surface area contributed by atoms with Crippen LogP contribution in [0.5, 0.6) is 0 Å². The van der Waals surface area contributed by atoms with Crippen LogP contribution in [0.1, 0.15) is 40.6 Å². The Morgan fingerprint density at radius 1 is 1.20 bits per heavy atom. The maximum absolute atomic E-state index is 11.4. The minimum absolute atomic E-state index is 0.248. The van der Waals surface area contributed by atoms with Crippen molar-refractivity contribution in [3.8, 4) is 0 Å². The molecule has 2 aromatic carbocycles. The number of carboxylic acid groups (broad SMARTS) is 1. The fourth-order valence-corrected chi connectivity index (χ4v) is 3.57. The van der Waals surface area contributed by atoms with Crippen LogP contribution in [0.2, 0.25) is 0 Å². The maximum atomic E-state index is 11.4. The zero-order chi connectivity index (χ0) is 17.2. The quantitative estimate of drug-likeness (QED) is 0.782. The maximum Gasteiger partial charge on any atom is 0.336 e. The molecule has 5 nitrogen and oxygen atoms in total. The average Bonchev–Trinajstić information content (AvgIpc) is 3.06. The van der Waals surface area contributed by atoms with Gasteiger partial charge >= 0.3 is 5.97 Å². The molecule has 1 aromatic heterocycles. The number of aromatic carboxylic acids is 1. The number of hydrogen-bond acceptors (Lipinski definition) is 4. The van der Waals surface area contributed by atoms with Gasteiger partial charge in [0.05, 0.1) is 5.56 Å². The highest BCUT2D eigenvalue weighted by molar-refractivity contribution is 5.89. The molecule has 0 saturated carbocycles. The molecule has 1 atom stereocenters. The van der Waals surface area contributed by atoms with E-state index in [1.807, 2.05) is 36.4 Å². The Bertz CT molecular complexity index is 870. The molecule has 0 amide bonds. The number of carbonyl (C=O) groups is 1. The molecule has 1 aliphatic rings. The summed E-state index contributed by atoms with van der Waals surface area (Å²) in [7, 11) is 0.